The topological polar surface area (TPSA) is 92.8 Å². The number of unbranched alkanes of at least 4 members (excludes halogenated alkanes) is 1. The summed E-state index contributed by atoms with van der Waals surface area (Å²) in [6, 6.07) is 19.2. The molecular formula is C26H26BrClN2O5S. The zero-order valence-corrected chi connectivity index (χ0v) is 22.8. The van der Waals surface area contributed by atoms with Gasteiger partial charge in [0.05, 0.1) is 23.6 Å². The van der Waals surface area contributed by atoms with Gasteiger partial charge in [0.15, 0.2) is 0 Å². The highest BCUT2D eigenvalue weighted by Gasteiger charge is 2.27. The second kappa shape index (κ2) is 13.0. The standard InChI is InChI=1S/C26H26BrClN2O5S/c1-2-3-16-35-26(32)20-6-12-23(13-7-20)29-25(31)18-30(17-19-4-10-22(28)11-5-19)36(33,34)24-14-8-21(27)9-15-24/h4-15H,2-3,16-18H2,1H3,(H,29,31). The first kappa shape index (κ1) is 27.9. The molecule has 0 heterocycles. The van der Waals surface area contributed by atoms with Gasteiger partial charge in [-0.15, -0.1) is 0 Å². The molecule has 36 heavy (non-hydrogen) atoms. The number of anilines is 1. The van der Waals surface area contributed by atoms with E-state index in [0.29, 0.717) is 28.4 Å². The van der Waals surface area contributed by atoms with Crippen LogP contribution in [0.4, 0.5) is 5.69 Å². The van der Waals surface area contributed by atoms with Crippen molar-refractivity contribution in [3.8, 4) is 0 Å². The molecule has 1 N–H and O–H groups in total. The number of hydrogen-bond acceptors (Lipinski definition) is 5. The Bertz CT molecular complexity index is 1280. The van der Waals surface area contributed by atoms with Crippen LogP contribution in [0.25, 0.3) is 0 Å². The van der Waals surface area contributed by atoms with Gasteiger partial charge in [0.1, 0.15) is 0 Å². The van der Waals surface area contributed by atoms with Gasteiger partial charge in [-0.05, 0) is 72.6 Å². The summed E-state index contributed by atoms with van der Waals surface area (Å²) in [6.07, 6.45) is 1.71. The van der Waals surface area contributed by atoms with Crippen molar-refractivity contribution in [2.45, 2.75) is 31.2 Å². The van der Waals surface area contributed by atoms with Gasteiger partial charge in [-0.2, -0.15) is 4.31 Å². The molecule has 0 aromatic heterocycles. The fourth-order valence-electron chi connectivity index (χ4n) is 3.22. The van der Waals surface area contributed by atoms with Crippen LogP contribution in [0, 0.1) is 0 Å². The van der Waals surface area contributed by atoms with Crippen molar-refractivity contribution >= 4 is 55.1 Å². The average Bonchev–Trinajstić information content (AvgIpc) is 2.85. The molecule has 190 valence electrons. The summed E-state index contributed by atoms with van der Waals surface area (Å²) in [5.41, 5.74) is 1.47. The Morgan fingerprint density at radius 2 is 1.61 bits per heavy atom. The zero-order valence-electron chi connectivity index (χ0n) is 19.6. The van der Waals surface area contributed by atoms with Crippen LogP contribution in [0.3, 0.4) is 0 Å². The number of nitrogens with zero attached hydrogens (tertiary/aromatic N) is 1. The summed E-state index contributed by atoms with van der Waals surface area (Å²) < 4.78 is 33.8. The summed E-state index contributed by atoms with van der Waals surface area (Å²) in [5, 5.41) is 3.22. The maximum absolute atomic E-state index is 13.4. The smallest absolute Gasteiger partial charge is 0.338 e. The number of halogens is 2. The molecule has 0 fully saturated rings. The first-order chi connectivity index (χ1) is 17.2. The SMILES string of the molecule is CCCCOC(=O)c1ccc(NC(=O)CN(Cc2ccc(Cl)cc2)S(=O)(=O)c2ccc(Br)cc2)cc1. The third-order valence-corrected chi connectivity index (χ3v) is 7.77. The van der Waals surface area contributed by atoms with E-state index in [2.05, 4.69) is 21.2 Å². The quantitative estimate of drug-likeness (QED) is 0.221. The van der Waals surface area contributed by atoms with E-state index in [1.807, 2.05) is 6.92 Å². The second-order valence-electron chi connectivity index (χ2n) is 7.97. The van der Waals surface area contributed by atoms with E-state index >= 15 is 0 Å². The normalized spacial score (nSPS) is 11.3. The van der Waals surface area contributed by atoms with Crippen LogP contribution in [0.2, 0.25) is 5.02 Å². The highest BCUT2D eigenvalue weighted by molar-refractivity contribution is 9.10. The third kappa shape index (κ3) is 7.89. The molecule has 3 aromatic carbocycles. The lowest BCUT2D eigenvalue weighted by Crippen LogP contribution is -2.37. The third-order valence-electron chi connectivity index (χ3n) is 5.18. The maximum Gasteiger partial charge on any atom is 0.338 e. The van der Waals surface area contributed by atoms with Crippen molar-refractivity contribution in [2.75, 3.05) is 18.5 Å². The van der Waals surface area contributed by atoms with Gasteiger partial charge < -0.3 is 10.1 Å². The molecule has 0 spiro atoms. The fraction of sp³-hybridized carbons (Fsp3) is 0.231. The Labute approximate surface area is 224 Å². The fourth-order valence-corrected chi connectivity index (χ4v) is 4.99. The van der Waals surface area contributed by atoms with Crippen molar-refractivity contribution in [3.63, 3.8) is 0 Å². The van der Waals surface area contributed by atoms with E-state index in [1.165, 1.54) is 12.1 Å². The lowest BCUT2D eigenvalue weighted by atomic mass is 10.2. The van der Waals surface area contributed by atoms with Gasteiger partial charge >= 0.3 is 5.97 Å². The van der Waals surface area contributed by atoms with Crippen LogP contribution >= 0.6 is 27.5 Å². The molecule has 0 saturated carbocycles. The lowest BCUT2D eigenvalue weighted by molar-refractivity contribution is -0.116. The highest BCUT2D eigenvalue weighted by Crippen LogP contribution is 2.22. The number of carbonyl (C=O) groups excluding carboxylic acids is 2. The van der Waals surface area contributed by atoms with Gasteiger partial charge in [-0.3, -0.25) is 4.79 Å². The Hall–Kier alpha value is -2.72. The molecule has 3 aromatic rings. The molecule has 0 atom stereocenters. The summed E-state index contributed by atoms with van der Waals surface area (Å²) in [6.45, 7) is 1.92. The van der Waals surface area contributed by atoms with Crippen LogP contribution < -0.4 is 5.32 Å². The molecule has 0 aliphatic heterocycles. The number of ether oxygens (including phenoxy) is 1. The van der Waals surface area contributed by atoms with Gasteiger partial charge in [0, 0.05) is 21.7 Å². The first-order valence-electron chi connectivity index (χ1n) is 11.3. The molecule has 1 amide bonds. The van der Waals surface area contributed by atoms with Crippen LogP contribution in [0.1, 0.15) is 35.7 Å². The molecule has 0 unspecified atom stereocenters. The number of nitrogens with one attached hydrogen (secondary N) is 1. The Balaban J connectivity index is 1.74. The van der Waals surface area contributed by atoms with Crippen molar-refractivity contribution in [3.05, 3.63) is 93.4 Å². The van der Waals surface area contributed by atoms with E-state index in [0.717, 1.165) is 21.6 Å². The Morgan fingerprint density at radius 3 is 2.22 bits per heavy atom. The van der Waals surface area contributed by atoms with Gasteiger partial charge in [-0.25, -0.2) is 13.2 Å². The number of rotatable bonds is 11. The predicted octanol–water partition coefficient (Wildman–Crippen LogP) is 5.89. The van der Waals surface area contributed by atoms with Gasteiger partial charge in [0.25, 0.3) is 0 Å². The van der Waals surface area contributed by atoms with E-state index in [1.54, 1.807) is 60.7 Å². The number of sulfonamides is 1. The summed E-state index contributed by atoms with van der Waals surface area (Å²) in [7, 11) is -3.99. The minimum absolute atomic E-state index is 0.0223. The lowest BCUT2D eigenvalue weighted by Gasteiger charge is -2.22. The number of hydrogen-bond donors (Lipinski definition) is 1. The predicted molar refractivity (Wildman–Crippen MR) is 143 cm³/mol. The summed E-state index contributed by atoms with van der Waals surface area (Å²) in [4.78, 5) is 25.0. The van der Waals surface area contributed by atoms with Crippen LogP contribution in [0.5, 0.6) is 0 Å². The van der Waals surface area contributed by atoms with Crippen molar-refractivity contribution < 1.29 is 22.7 Å². The average molecular weight is 594 g/mol. The molecule has 7 nitrogen and oxygen atoms in total. The molecule has 0 radical (unpaired) electrons. The number of benzene rings is 3. The summed E-state index contributed by atoms with van der Waals surface area (Å²) in [5.74, 6) is -0.959. The van der Waals surface area contributed by atoms with E-state index in [-0.39, 0.29) is 11.4 Å². The Morgan fingerprint density at radius 1 is 0.972 bits per heavy atom. The maximum atomic E-state index is 13.4. The number of carbonyl (C=O) groups is 2. The molecule has 10 heteroatoms. The van der Waals surface area contributed by atoms with Crippen LogP contribution in [0.15, 0.2) is 82.2 Å². The first-order valence-corrected chi connectivity index (χ1v) is 13.9. The van der Waals surface area contributed by atoms with Gasteiger partial charge in [0.2, 0.25) is 15.9 Å². The van der Waals surface area contributed by atoms with Crippen molar-refractivity contribution in [2.24, 2.45) is 0 Å². The number of amides is 1. The Kier molecular flexibility index (Phi) is 10.1. The van der Waals surface area contributed by atoms with Crippen molar-refractivity contribution in [1.82, 2.24) is 4.31 Å². The molecule has 0 aliphatic rings. The zero-order chi connectivity index (χ0) is 26.1. The van der Waals surface area contributed by atoms with Crippen molar-refractivity contribution in [1.29, 1.82) is 0 Å². The molecule has 0 bridgehead atoms. The van der Waals surface area contributed by atoms with Crippen LogP contribution in [-0.4, -0.2) is 37.8 Å². The minimum atomic E-state index is -3.99. The van der Waals surface area contributed by atoms with Gasteiger partial charge in [-0.1, -0.05) is 53.0 Å². The molecule has 0 saturated heterocycles. The largest absolute Gasteiger partial charge is 0.462 e. The van der Waals surface area contributed by atoms with E-state index in [4.69, 9.17) is 16.3 Å². The minimum Gasteiger partial charge on any atom is -0.462 e. The van der Waals surface area contributed by atoms with Crippen LogP contribution in [-0.2, 0) is 26.1 Å². The number of esters is 1. The molecule has 3 rings (SSSR count). The molecular weight excluding hydrogens is 568 g/mol. The second-order valence-corrected chi connectivity index (χ2v) is 11.3. The highest BCUT2D eigenvalue weighted by atomic mass is 79.9. The van der Waals surface area contributed by atoms with E-state index in [9.17, 15) is 18.0 Å². The molecule has 0 aliphatic carbocycles. The summed E-state index contributed by atoms with van der Waals surface area (Å²) >= 11 is 9.26. The monoisotopic (exact) mass is 592 g/mol. The van der Waals surface area contributed by atoms with E-state index < -0.39 is 28.4 Å².